The van der Waals surface area contributed by atoms with Crippen molar-refractivity contribution in [2.45, 2.75) is 52.2 Å². The molecule has 0 aromatic heterocycles. The SMILES string of the molecule is CC(O)c1ccc(O)c(OC2CCC(C)(C)C2)c1. The van der Waals surface area contributed by atoms with Crippen LogP contribution in [0, 0.1) is 5.41 Å². The fourth-order valence-corrected chi connectivity index (χ4v) is 2.54. The molecule has 1 aliphatic rings. The number of hydrogen-bond donors (Lipinski definition) is 2. The van der Waals surface area contributed by atoms with Crippen LogP contribution in [0.1, 0.15) is 51.7 Å². The lowest BCUT2D eigenvalue weighted by Gasteiger charge is -2.19. The maximum absolute atomic E-state index is 9.80. The van der Waals surface area contributed by atoms with E-state index in [0.29, 0.717) is 11.2 Å². The summed E-state index contributed by atoms with van der Waals surface area (Å²) in [6.45, 7) is 6.18. The van der Waals surface area contributed by atoms with Gasteiger partial charge in [-0.25, -0.2) is 0 Å². The van der Waals surface area contributed by atoms with Gasteiger partial charge < -0.3 is 14.9 Å². The van der Waals surface area contributed by atoms with E-state index < -0.39 is 6.10 Å². The van der Waals surface area contributed by atoms with Crippen LogP contribution < -0.4 is 4.74 Å². The van der Waals surface area contributed by atoms with Gasteiger partial charge in [-0.1, -0.05) is 19.9 Å². The Morgan fingerprint density at radius 1 is 1.39 bits per heavy atom. The standard InChI is InChI=1S/C15H22O3/c1-10(16)11-4-5-13(17)14(8-11)18-12-6-7-15(2,3)9-12/h4-5,8,10,12,16-17H,6-7,9H2,1-3H3. The largest absolute Gasteiger partial charge is 0.504 e. The average molecular weight is 250 g/mol. The molecule has 0 aliphatic heterocycles. The number of ether oxygens (including phenoxy) is 1. The minimum Gasteiger partial charge on any atom is -0.504 e. The first-order valence-corrected chi connectivity index (χ1v) is 6.55. The maximum Gasteiger partial charge on any atom is 0.161 e. The molecule has 18 heavy (non-hydrogen) atoms. The molecule has 0 heterocycles. The van der Waals surface area contributed by atoms with Gasteiger partial charge in [0.1, 0.15) is 0 Å². The van der Waals surface area contributed by atoms with Crippen LogP contribution >= 0.6 is 0 Å². The number of aliphatic hydroxyl groups excluding tert-OH is 1. The zero-order valence-electron chi connectivity index (χ0n) is 11.3. The highest BCUT2D eigenvalue weighted by Gasteiger charge is 2.32. The van der Waals surface area contributed by atoms with Gasteiger partial charge in [0, 0.05) is 0 Å². The number of aromatic hydroxyl groups is 1. The molecule has 3 heteroatoms. The van der Waals surface area contributed by atoms with Gasteiger partial charge in [0.25, 0.3) is 0 Å². The minimum atomic E-state index is -0.548. The van der Waals surface area contributed by atoms with Crippen LogP contribution in [0.25, 0.3) is 0 Å². The van der Waals surface area contributed by atoms with Gasteiger partial charge in [0.15, 0.2) is 11.5 Å². The minimum absolute atomic E-state index is 0.143. The first-order valence-electron chi connectivity index (χ1n) is 6.55. The predicted molar refractivity (Wildman–Crippen MR) is 70.8 cm³/mol. The highest BCUT2D eigenvalue weighted by atomic mass is 16.5. The molecule has 3 nitrogen and oxygen atoms in total. The number of phenols is 1. The third kappa shape index (κ3) is 2.96. The molecule has 1 aliphatic carbocycles. The zero-order valence-corrected chi connectivity index (χ0v) is 11.3. The molecule has 0 spiro atoms. The van der Waals surface area contributed by atoms with Crippen molar-refractivity contribution in [1.29, 1.82) is 0 Å². The van der Waals surface area contributed by atoms with Crippen LogP contribution in [-0.2, 0) is 0 Å². The van der Waals surface area contributed by atoms with E-state index in [1.54, 1.807) is 25.1 Å². The Balaban J connectivity index is 2.11. The molecular formula is C15H22O3. The summed E-state index contributed by atoms with van der Waals surface area (Å²) in [6, 6.07) is 5.02. The Morgan fingerprint density at radius 2 is 2.11 bits per heavy atom. The normalized spacial score (nSPS) is 23.9. The van der Waals surface area contributed by atoms with E-state index >= 15 is 0 Å². The highest BCUT2D eigenvalue weighted by Crippen LogP contribution is 2.40. The van der Waals surface area contributed by atoms with Gasteiger partial charge in [-0.3, -0.25) is 0 Å². The van der Waals surface area contributed by atoms with E-state index in [1.807, 2.05) is 0 Å². The van der Waals surface area contributed by atoms with Crippen molar-refractivity contribution >= 4 is 0 Å². The summed E-state index contributed by atoms with van der Waals surface area (Å²) in [6.07, 6.45) is 2.79. The fourth-order valence-electron chi connectivity index (χ4n) is 2.54. The van der Waals surface area contributed by atoms with Gasteiger partial charge in [-0.15, -0.1) is 0 Å². The van der Waals surface area contributed by atoms with Crippen LogP contribution in [0.15, 0.2) is 18.2 Å². The molecule has 2 rings (SSSR count). The number of aliphatic hydroxyl groups is 1. The number of hydrogen-bond acceptors (Lipinski definition) is 3. The number of phenolic OH excluding ortho intramolecular Hbond substituents is 1. The van der Waals surface area contributed by atoms with Crippen molar-refractivity contribution in [3.8, 4) is 11.5 Å². The first-order chi connectivity index (χ1) is 8.37. The van der Waals surface area contributed by atoms with Crippen LogP contribution in [0.5, 0.6) is 11.5 Å². The van der Waals surface area contributed by atoms with Gasteiger partial charge >= 0.3 is 0 Å². The predicted octanol–water partition coefficient (Wildman–Crippen LogP) is 3.40. The second-order valence-electron chi connectivity index (χ2n) is 6.05. The Hall–Kier alpha value is -1.22. The van der Waals surface area contributed by atoms with E-state index in [-0.39, 0.29) is 11.9 Å². The van der Waals surface area contributed by atoms with E-state index in [2.05, 4.69) is 13.8 Å². The highest BCUT2D eigenvalue weighted by molar-refractivity contribution is 5.42. The Labute approximate surface area is 108 Å². The van der Waals surface area contributed by atoms with E-state index in [1.165, 1.54) is 0 Å². The summed E-state index contributed by atoms with van der Waals surface area (Å²) >= 11 is 0. The van der Waals surface area contributed by atoms with Gasteiger partial charge in [-0.05, 0) is 49.3 Å². The Bertz CT molecular complexity index is 424. The second-order valence-corrected chi connectivity index (χ2v) is 6.05. The number of benzene rings is 1. The van der Waals surface area contributed by atoms with Crippen molar-refractivity contribution in [3.63, 3.8) is 0 Å². The Morgan fingerprint density at radius 3 is 2.67 bits per heavy atom. The summed E-state index contributed by atoms with van der Waals surface area (Å²) in [5, 5.41) is 19.3. The number of rotatable bonds is 3. The van der Waals surface area contributed by atoms with Crippen molar-refractivity contribution in [3.05, 3.63) is 23.8 Å². The molecule has 1 saturated carbocycles. The molecule has 2 atom stereocenters. The maximum atomic E-state index is 9.80. The molecule has 1 fully saturated rings. The van der Waals surface area contributed by atoms with Crippen molar-refractivity contribution < 1.29 is 14.9 Å². The third-order valence-electron chi connectivity index (χ3n) is 3.68. The molecule has 100 valence electrons. The van der Waals surface area contributed by atoms with Crippen molar-refractivity contribution in [1.82, 2.24) is 0 Å². The molecule has 2 unspecified atom stereocenters. The second kappa shape index (κ2) is 4.81. The average Bonchev–Trinajstić information content (AvgIpc) is 2.61. The van der Waals surface area contributed by atoms with E-state index in [0.717, 1.165) is 24.8 Å². The first kappa shape index (κ1) is 13.2. The molecule has 0 saturated heterocycles. The molecule has 0 radical (unpaired) electrons. The van der Waals surface area contributed by atoms with Gasteiger partial charge in [0.2, 0.25) is 0 Å². The van der Waals surface area contributed by atoms with Crippen LogP contribution in [-0.4, -0.2) is 16.3 Å². The fraction of sp³-hybridized carbons (Fsp3) is 0.600. The summed E-state index contributed by atoms with van der Waals surface area (Å²) < 4.78 is 5.87. The summed E-state index contributed by atoms with van der Waals surface area (Å²) in [7, 11) is 0. The quantitative estimate of drug-likeness (QED) is 0.864. The molecular weight excluding hydrogens is 228 g/mol. The summed E-state index contributed by atoms with van der Waals surface area (Å²) in [5.41, 5.74) is 1.09. The summed E-state index contributed by atoms with van der Waals surface area (Å²) in [4.78, 5) is 0. The molecule has 0 amide bonds. The van der Waals surface area contributed by atoms with Crippen molar-refractivity contribution in [2.24, 2.45) is 5.41 Å². The molecule has 0 bridgehead atoms. The van der Waals surface area contributed by atoms with Gasteiger partial charge in [0.05, 0.1) is 12.2 Å². The van der Waals surface area contributed by atoms with Gasteiger partial charge in [-0.2, -0.15) is 0 Å². The van der Waals surface area contributed by atoms with E-state index in [9.17, 15) is 10.2 Å². The van der Waals surface area contributed by atoms with Crippen LogP contribution in [0.2, 0.25) is 0 Å². The smallest absolute Gasteiger partial charge is 0.161 e. The molecule has 1 aromatic carbocycles. The summed E-state index contributed by atoms with van der Waals surface area (Å²) in [5.74, 6) is 0.625. The monoisotopic (exact) mass is 250 g/mol. The van der Waals surface area contributed by atoms with Crippen molar-refractivity contribution in [2.75, 3.05) is 0 Å². The Kier molecular flexibility index (Phi) is 3.53. The lowest BCUT2D eigenvalue weighted by molar-refractivity contribution is 0.181. The third-order valence-corrected chi connectivity index (χ3v) is 3.68. The zero-order chi connectivity index (χ0) is 13.3. The van der Waals surface area contributed by atoms with Crippen LogP contribution in [0.4, 0.5) is 0 Å². The van der Waals surface area contributed by atoms with E-state index in [4.69, 9.17) is 4.74 Å². The lowest BCUT2D eigenvalue weighted by Crippen LogP contribution is -2.15. The lowest BCUT2D eigenvalue weighted by atomic mass is 9.92. The topological polar surface area (TPSA) is 49.7 Å². The molecule has 2 N–H and O–H groups in total. The molecule has 1 aromatic rings. The van der Waals surface area contributed by atoms with Crippen LogP contribution in [0.3, 0.4) is 0 Å².